The predicted molar refractivity (Wildman–Crippen MR) is 208 cm³/mol. The molecule has 0 bridgehead atoms. The van der Waals surface area contributed by atoms with Gasteiger partial charge in [0.2, 0.25) is 0 Å². The first-order valence-corrected chi connectivity index (χ1v) is 18.0. The summed E-state index contributed by atoms with van der Waals surface area (Å²) in [5.41, 5.74) is 11.6. The Hall–Kier alpha value is -4.87. The van der Waals surface area contributed by atoms with E-state index in [0.717, 1.165) is 26.7 Å². The Balaban J connectivity index is 1.56. The van der Waals surface area contributed by atoms with Crippen LogP contribution in [-0.4, -0.2) is 4.98 Å². The van der Waals surface area contributed by atoms with Crippen LogP contribution in [0.5, 0.6) is 0 Å². The number of thiophene rings is 2. The fourth-order valence-electron chi connectivity index (χ4n) is 5.96. The van der Waals surface area contributed by atoms with Gasteiger partial charge in [0.15, 0.2) is 0 Å². The molecule has 47 heavy (non-hydrogen) atoms. The molecule has 0 aliphatic carbocycles. The van der Waals surface area contributed by atoms with Crippen LogP contribution in [0.1, 0.15) is 16.0 Å². The van der Waals surface area contributed by atoms with Crippen LogP contribution in [0.3, 0.4) is 0 Å². The van der Waals surface area contributed by atoms with E-state index in [4.69, 9.17) is 4.98 Å². The minimum absolute atomic E-state index is 0.964. The monoisotopic (exact) mass is 659 g/mol. The predicted octanol–water partition coefficient (Wildman–Crippen LogP) is 13.6. The van der Waals surface area contributed by atoms with E-state index in [1.807, 2.05) is 17.4 Å². The van der Waals surface area contributed by atoms with Gasteiger partial charge in [0.1, 0.15) is 5.01 Å². The van der Waals surface area contributed by atoms with Gasteiger partial charge in [-0.15, -0.1) is 34.0 Å². The minimum Gasteiger partial charge on any atom is -0.235 e. The summed E-state index contributed by atoms with van der Waals surface area (Å²) in [7, 11) is 0. The second-order valence-corrected chi connectivity index (χ2v) is 14.3. The molecule has 1 nitrogen and oxygen atoms in total. The Morgan fingerprint density at radius 3 is 1.55 bits per heavy atom. The van der Waals surface area contributed by atoms with Gasteiger partial charge in [0.05, 0.1) is 10.6 Å². The van der Waals surface area contributed by atoms with Gasteiger partial charge in [-0.25, -0.2) is 4.98 Å². The standard InChI is InChI=1S/C43H33NS3/c1-5-6-19-28(2)38-36(30(4)40(45-38)32-22-13-8-14-23-32)42-37(44-43(47-42)34-26-17-10-18-27-34)35-29(3)39(31-20-11-7-12-21-31)46-41(35)33-24-15-9-16-25-33/h5-27H,1-2H2,3-4H3/b19-6-. The highest BCUT2D eigenvalue weighted by Gasteiger charge is 2.29. The highest BCUT2D eigenvalue weighted by atomic mass is 32.1. The maximum atomic E-state index is 5.53. The van der Waals surface area contributed by atoms with Gasteiger partial charge >= 0.3 is 0 Å². The van der Waals surface area contributed by atoms with Crippen molar-refractivity contribution in [1.29, 1.82) is 0 Å². The molecule has 0 amide bonds. The molecule has 0 unspecified atom stereocenters. The first-order valence-electron chi connectivity index (χ1n) is 15.5. The summed E-state index contributed by atoms with van der Waals surface area (Å²) in [6.45, 7) is 13.0. The zero-order chi connectivity index (χ0) is 32.3. The zero-order valence-corrected chi connectivity index (χ0v) is 28.8. The van der Waals surface area contributed by atoms with Gasteiger partial charge in [0.25, 0.3) is 0 Å². The van der Waals surface area contributed by atoms with E-state index in [0.29, 0.717) is 0 Å². The third kappa shape index (κ3) is 5.92. The molecule has 0 saturated carbocycles. The van der Waals surface area contributed by atoms with E-state index in [1.54, 1.807) is 28.7 Å². The summed E-state index contributed by atoms with van der Waals surface area (Å²) in [6, 6.07) is 42.7. The topological polar surface area (TPSA) is 12.9 Å². The SMILES string of the molecule is C=C/C=C\C(=C)c1sc(-c2ccccc2)c(C)c1-c1sc(-c2ccccc2)nc1-c1c(-c2ccccc2)sc(-c2ccccc2)c1C. The van der Waals surface area contributed by atoms with Crippen LogP contribution in [0, 0.1) is 13.8 Å². The van der Waals surface area contributed by atoms with Crippen molar-refractivity contribution in [2.45, 2.75) is 13.8 Å². The van der Waals surface area contributed by atoms with Crippen molar-refractivity contribution in [3.8, 4) is 63.6 Å². The smallest absolute Gasteiger partial charge is 0.124 e. The molecular formula is C43H33NS3. The van der Waals surface area contributed by atoms with Crippen molar-refractivity contribution in [3.63, 3.8) is 0 Å². The van der Waals surface area contributed by atoms with Gasteiger partial charge in [-0.2, -0.15) is 0 Å². The van der Waals surface area contributed by atoms with Crippen molar-refractivity contribution in [1.82, 2.24) is 4.98 Å². The largest absolute Gasteiger partial charge is 0.235 e. The molecule has 3 aromatic heterocycles. The van der Waals surface area contributed by atoms with Gasteiger partial charge in [0, 0.05) is 36.2 Å². The Morgan fingerprint density at radius 2 is 1.02 bits per heavy atom. The molecule has 0 aliphatic rings. The van der Waals surface area contributed by atoms with Crippen LogP contribution >= 0.6 is 34.0 Å². The number of aromatic nitrogens is 1. The van der Waals surface area contributed by atoms with Crippen LogP contribution in [0.2, 0.25) is 0 Å². The van der Waals surface area contributed by atoms with Gasteiger partial charge < -0.3 is 0 Å². The molecule has 0 spiro atoms. The summed E-state index contributed by atoms with van der Waals surface area (Å²) >= 11 is 5.43. The summed E-state index contributed by atoms with van der Waals surface area (Å²) in [6.07, 6.45) is 5.84. The second-order valence-electron chi connectivity index (χ2n) is 11.3. The minimum atomic E-state index is 0.964. The average molecular weight is 660 g/mol. The number of hydrogen-bond donors (Lipinski definition) is 0. The first kappa shape index (κ1) is 30.8. The molecular weight excluding hydrogens is 627 g/mol. The van der Waals surface area contributed by atoms with Crippen molar-refractivity contribution in [2.75, 3.05) is 0 Å². The highest BCUT2D eigenvalue weighted by Crippen LogP contribution is 2.54. The lowest BCUT2D eigenvalue weighted by atomic mass is 9.95. The summed E-state index contributed by atoms with van der Waals surface area (Å²) in [5, 5.41) is 1.01. The molecule has 0 fully saturated rings. The Labute approximate surface area is 289 Å². The van der Waals surface area contributed by atoms with E-state index in [2.05, 4.69) is 154 Å². The molecule has 4 heteroatoms. The van der Waals surface area contributed by atoms with Crippen molar-refractivity contribution in [2.24, 2.45) is 0 Å². The molecule has 7 rings (SSSR count). The molecule has 0 N–H and O–H groups in total. The molecule has 3 heterocycles. The fraction of sp³-hybridized carbons (Fsp3) is 0.0465. The van der Waals surface area contributed by atoms with E-state index >= 15 is 0 Å². The Kier molecular flexibility index (Phi) is 8.82. The number of rotatable bonds is 9. The van der Waals surface area contributed by atoms with Crippen LogP contribution in [-0.2, 0) is 0 Å². The summed E-state index contributed by atoms with van der Waals surface area (Å²) in [5.74, 6) is 0. The van der Waals surface area contributed by atoms with E-state index < -0.39 is 0 Å². The van der Waals surface area contributed by atoms with Crippen molar-refractivity contribution >= 4 is 39.6 Å². The average Bonchev–Trinajstić information content (AvgIpc) is 3.81. The van der Waals surface area contributed by atoms with Crippen molar-refractivity contribution < 1.29 is 0 Å². The summed E-state index contributed by atoms with van der Waals surface area (Å²) < 4.78 is 0. The molecule has 0 aliphatic heterocycles. The van der Waals surface area contributed by atoms with Crippen LogP contribution in [0.15, 0.2) is 153 Å². The molecule has 4 aromatic carbocycles. The van der Waals surface area contributed by atoms with E-state index in [9.17, 15) is 0 Å². The lowest BCUT2D eigenvalue weighted by Crippen LogP contribution is -1.89. The third-order valence-electron chi connectivity index (χ3n) is 8.24. The van der Waals surface area contributed by atoms with Crippen LogP contribution in [0.4, 0.5) is 0 Å². The normalized spacial score (nSPS) is 11.3. The summed E-state index contributed by atoms with van der Waals surface area (Å²) in [4.78, 5) is 11.6. The number of hydrogen-bond acceptors (Lipinski definition) is 4. The molecule has 7 aromatic rings. The second kappa shape index (κ2) is 13.5. The highest BCUT2D eigenvalue weighted by molar-refractivity contribution is 7.21. The lowest BCUT2D eigenvalue weighted by molar-refractivity contribution is 1.38. The maximum Gasteiger partial charge on any atom is 0.124 e. The van der Waals surface area contributed by atoms with Gasteiger partial charge in [-0.3, -0.25) is 0 Å². The lowest BCUT2D eigenvalue weighted by Gasteiger charge is -2.10. The van der Waals surface area contributed by atoms with Crippen LogP contribution < -0.4 is 0 Å². The molecule has 228 valence electrons. The Morgan fingerprint density at radius 1 is 0.553 bits per heavy atom. The number of thiazole rings is 1. The zero-order valence-electron chi connectivity index (χ0n) is 26.4. The quantitative estimate of drug-likeness (QED) is 0.141. The molecule has 0 saturated heterocycles. The van der Waals surface area contributed by atoms with Gasteiger partial charge in [-0.05, 0) is 47.2 Å². The van der Waals surface area contributed by atoms with Crippen molar-refractivity contribution in [3.05, 3.63) is 169 Å². The fourth-order valence-corrected chi connectivity index (χ4v) is 9.80. The Bertz CT molecular complexity index is 2210. The van der Waals surface area contributed by atoms with Gasteiger partial charge in [-0.1, -0.05) is 153 Å². The van der Waals surface area contributed by atoms with E-state index in [1.165, 1.54) is 58.5 Å². The first-order chi connectivity index (χ1) is 23.0. The maximum absolute atomic E-state index is 5.53. The third-order valence-corrected chi connectivity index (χ3v) is 12.2. The van der Waals surface area contributed by atoms with E-state index in [-0.39, 0.29) is 0 Å². The van der Waals surface area contributed by atoms with Crippen LogP contribution in [0.25, 0.3) is 69.2 Å². The molecule has 0 atom stereocenters. The molecule has 0 radical (unpaired) electrons. The number of nitrogens with zero attached hydrogens (tertiary/aromatic N) is 1. The number of benzene rings is 4. The number of allylic oxidation sites excluding steroid dienone is 4.